The molecule has 0 bridgehead atoms. The fourth-order valence-corrected chi connectivity index (χ4v) is 9.29. The molecule has 1 atom stereocenters. The fraction of sp³-hybridized carbons (Fsp3) is 0.256. The molecule has 6 aromatic rings. The van der Waals surface area contributed by atoms with Crippen molar-refractivity contribution in [1.82, 2.24) is 19.8 Å². The molecule has 0 amide bonds. The number of hydrogen-bond donors (Lipinski definition) is 2. The Balaban J connectivity index is 1.02. The van der Waals surface area contributed by atoms with Crippen LogP contribution in [0.2, 0.25) is 0 Å². The van der Waals surface area contributed by atoms with Crippen LogP contribution in [0.3, 0.4) is 0 Å². The Hall–Kier alpha value is -5.06. The molecule has 5 aromatic carbocycles. The number of aromatic nitrogens is 2. The summed E-state index contributed by atoms with van der Waals surface area (Å²) < 4.78 is 31.1. The van der Waals surface area contributed by atoms with Crippen molar-refractivity contribution in [3.8, 4) is 11.1 Å². The molecule has 2 N–H and O–H groups in total. The minimum atomic E-state index is -4.26. The molecule has 0 saturated carbocycles. The van der Waals surface area contributed by atoms with Gasteiger partial charge in [0.2, 0.25) is 0 Å². The Morgan fingerprint density at radius 1 is 0.897 bits per heavy atom. The third-order valence-corrected chi connectivity index (χ3v) is 13.1. The highest BCUT2D eigenvalue weighted by Crippen LogP contribution is 2.33. The van der Waals surface area contributed by atoms with Gasteiger partial charge in [-0.25, -0.2) is 18.4 Å². The predicted molar refractivity (Wildman–Crippen MR) is 238 cm³/mol. The van der Waals surface area contributed by atoms with E-state index < -0.39 is 14.9 Å². The Kier molecular flexibility index (Phi) is 13.2. The molecule has 0 unspecified atom stereocenters. The molecule has 15 heteroatoms. The molecule has 1 aromatic heterocycles. The van der Waals surface area contributed by atoms with E-state index in [9.17, 15) is 18.5 Å². The second-order valence-electron chi connectivity index (χ2n) is 14.4. The molecule has 1 saturated heterocycles. The van der Waals surface area contributed by atoms with E-state index >= 15 is 0 Å². The maximum atomic E-state index is 13.7. The van der Waals surface area contributed by atoms with Gasteiger partial charge in [0.05, 0.1) is 15.3 Å². The Morgan fingerprint density at radius 2 is 1.64 bits per heavy atom. The van der Waals surface area contributed by atoms with Crippen LogP contribution in [0.5, 0.6) is 0 Å². The number of nitrogens with zero attached hydrogens (tertiary/aromatic N) is 6. The summed E-state index contributed by atoms with van der Waals surface area (Å²) in [7, 11) is -0.304. The van der Waals surface area contributed by atoms with Gasteiger partial charge in [0.1, 0.15) is 12.0 Å². The van der Waals surface area contributed by atoms with Gasteiger partial charge in [-0.3, -0.25) is 19.7 Å². The Morgan fingerprint density at radius 3 is 2.38 bits per heavy atom. The summed E-state index contributed by atoms with van der Waals surface area (Å²) in [6.07, 6.45) is 2.05. The van der Waals surface area contributed by atoms with E-state index in [0.29, 0.717) is 16.7 Å². The Labute approximate surface area is 352 Å². The normalized spacial score (nSPS) is 14.1. The molecule has 12 nitrogen and oxygen atoms in total. The fourth-order valence-electron chi connectivity index (χ4n) is 6.98. The smallest absolute Gasteiger partial charge is 0.293 e. The molecular formula is C43H45BrN8O4S2. The van der Waals surface area contributed by atoms with Crippen LogP contribution in [0.4, 0.5) is 22.9 Å². The summed E-state index contributed by atoms with van der Waals surface area (Å²) in [4.78, 5) is 28.2. The van der Waals surface area contributed by atoms with Gasteiger partial charge >= 0.3 is 0 Å². The monoisotopic (exact) mass is 880 g/mol. The summed E-state index contributed by atoms with van der Waals surface area (Å²) in [5, 5.41) is 16.2. The van der Waals surface area contributed by atoms with Gasteiger partial charge in [-0.2, -0.15) is 0 Å². The molecule has 1 aliphatic rings. The van der Waals surface area contributed by atoms with Gasteiger partial charge in [0.25, 0.3) is 15.7 Å². The molecular weight excluding hydrogens is 837 g/mol. The van der Waals surface area contributed by atoms with Crippen molar-refractivity contribution in [2.24, 2.45) is 0 Å². The number of piperazine rings is 1. The topological polar surface area (TPSA) is 137 Å². The lowest BCUT2D eigenvalue weighted by Crippen LogP contribution is -2.46. The van der Waals surface area contributed by atoms with E-state index in [4.69, 9.17) is 0 Å². The summed E-state index contributed by atoms with van der Waals surface area (Å²) >= 11 is 5.19. The van der Waals surface area contributed by atoms with E-state index in [1.807, 2.05) is 62.6 Å². The van der Waals surface area contributed by atoms with Crippen LogP contribution in [-0.2, 0) is 16.6 Å². The van der Waals surface area contributed by atoms with E-state index in [1.165, 1.54) is 35.2 Å². The number of rotatable bonds is 16. The number of hydrogen-bond acceptors (Lipinski definition) is 11. The SMILES string of the molecule is CN(C)CC[C@H](CSc1ccccc1)Nc1ccc(S(=O)(=O)Nc2ncnc3cc(N4CCN(Cc5ccccc5-c5ccc(Br)cc5)CC4)ccc23)cc1[N+](=O)[O-]. The molecule has 7 rings (SSSR count). The first kappa shape index (κ1) is 41.1. The van der Waals surface area contributed by atoms with E-state index in [1.54, 1.807) is 11.8 Å². The quantitative estimate of drug-likeness (QED) is 0.0550. The zero-order valence-corrected chi connectivity index (χ0v) is 35.5. The van der Waals surface area contributed by atoms with Gasteiger partial charge in [-0.05, 0) is 98.3 Å². The van der Waals surface area contributed by atoms with Gasteiger partial charge in [-0.1, -0.05) is 70.5 Å². The number of nitro groups is 1. The summed E-state index contributed by atoms with van der Waals surface area (Å²) in [6, 6.07) is 36.5. The average Bonchev–Trinajstić information content (AvgIpc) is 3.23. The number of fused-ring (bicyclic) bond motifs is 1. The van der Waals surface area contributed by atoms with Crippen molar-refractivity contribution < 1.29 is 13.3 Å². The zero-order chi connectivity index (χ0) is 40.6. The van der Waals surface area contributed by atoms with Crippen molar-refractivity contribution in [3.05, 3.63) is 142 Å². The lowest BCUT2D eigenvalue weighted by molar-refractivity contribution is -0.384. The van der Waals surface area contributed by atoms with Gasteiger partial charge in [0, 0.05) is 71.0 Å². The van der Waals surface area contributed by atoms with Crippen molar-refractivity contribution >= 4 is 71.5 Å². The summed E-state index contributed by atoms with van der Waals surface area (Å²) in [5.74, 6) is 0.760. The predicted octanol–water partition coefficient (Wildman–Crippen LogP) is 8.62. The highest BCUT2D eigenvalue weighted by atomic mass is 79.9. The van der Waals surface area contributed by atoms with Gasteiger partial charge in [-0.15, -0.1) is 11.8 Å². The molecule has 0 spiro atoms. The number of anilines is 3. The van der Waals surface area contributed by atoms with Gasteiger partial charge in [0.15, 0.2) is 5.82 Å². The molecule has 1 fully saturated rings. The zero-order valence-electron chi connectivity index (χ0n) is 32.3. The first-order valence-corrected chi connectivity index (χ1v) is 22.2. The largest absolute Gasteiger partial charge is 0.376 e. The van der Waals surface area contributed by atoms with Crippen molar-refractivity contribution in [3.63, 3.8) is 0 Å². The highest BCUT2D eigenvalue weighted by molar-refractivity contribution is 9.10. The average molecular weight is 882 g/mol. The van der Waals surface area contributed by atoms with Crippen molar-refractivity contribution in [2.45, 2.75) is 28.8 Å². The van der Waals surface area contributed by atoms with Crippen LogP contribution in [0.1, 0.15) is 12.0 Å². The second-order valence-corrected chi connectivity index (χ2v) is 18.1. The maximum Gasteiger partial charge on any atom is 0.293 e. The maximum absolute atomic E-state index is 13.7. The molecule has 300 valence electrons. The Bertz CT molecular complexity index is 2470. The van der Waals surface area contributed by atoms with Crippen molar-refractivity contribution in [2.75, 3.05) is 67.5 Å². The van der Waals surface area contributed by atoms with Crippen molar-refractivity contribution in [1.29, 1.82) is 0 Å². The number of thioether (sulfide) groups is 1. The molecule has 0 aliphatic carbocycles. The minimum Gasteiger partial charge on any atom is -0.376 e. The number of nitro benzene ring substituents is 1. The lowest BCUT2D eigenvalue weighted by Gasteiger charge is -2.36. The first-order chi connectivity index (χ1) is 28.0. The van der Waals surface area contributed by atoms with E-state index in [0.717, 1.165) is 66.8 Å². The van der Waals surface area contributed by atoms with Gasteiger partial charge < -0.3 is 15.1 Å². The molecule has 2 heterocycles. The number of sulfonamides is 1. The number of benzene rings is 5. The van der Waals surface area contributed by atoms with Crippen LogP contribution in [0.15, 0.2) is 136 Å². The van der Waals surface area contributed by atoms with E-state index in [-0.39, 0.29) is 28.1 Å². The summed E-state index contributed by atoms with van der Waals surface area (Å²) in [5.41, 5.74) is 5.22. The standard InChI is InChI=1S/C43H45BrN8O4S2/c1-49(2)21-20-34(29-57-36-9-4-3-5-10-36)47-40-19-17-37(27-42(40)52(53)54)58(55,56)48-43-39-18-16-35(26-41(39)45-30-46-43)51-24-22-50(23-25-51)28-32-8-6-7-11-38(32)31-12-14-33(44)15-13-31/h3-19,26-27,30,34,47H,20-25,28-29H2,1-2H3,(H,45,46,48)/t34-/m1/s1. The first-order valence-electron chi connectivity index (χ1n) is 19.0. The summed E-state index contributed by atoms with van der Waals surface area (Å²) in [6.45, 7) is 5.02. The van der Waals surface area contributed by atoms with Crippen LogP contribution in [0, 0.1) is 10.1 Å². The second kappa shape index (κ2) is 18.7. The highest BCUT2D eigenvalue weighted by Gasteiger charge is 2.25. The molecule has 58 heavy (non-hydrogen) atoms. The van der Waals surface area contributed by atoms with Crippen LogP contribution >= 0.6 is 27.7 Å². The number of halogens is 1. The molecule has 0 radical (unpaired) electrons. The third-order valence-electron chi connectivity index (χ3n) is 10.1. The van der Waals surface area contributed by atoms with E-state index in [2.05, 4.69) is 99.2 Å². The molecule has 1 aliphatic heterocycles. The van der Waals surface area contributed by atoms with Crippen LogP contribution < -0.4 is 14.9 Å². The third kappa shape index (κ3) is 10.3. The van der Waals surface area contributed by atoms with Crippen LogP contribution in [-0.4, -0.2) is 91.7 Å². The number of nitrogens with one attached hydrogen (secondary N) is 2. The minimum absolute atomic E-state index is 0.0948. The lowest BCUT2D eigenvalue weighted by atomic mass is 9.99. The van der Waals surface area contributed by atoms with Crippen LogP contribution in [0.25, 0.3) is 22.0 Å².